The van der Waals surface area contributed by atoms with Crippen molar-refractivity contribution in [2.24, 2.45) is 7.05 Å². The zero-order valence-corrected chi connectivity index (χ0v) is 36.4. The number of pyridine rings is 1. The molecule has 3 aliphatic rings. The maximum atomic E-state index is 13.5. The van der Waals surface area contributed by atoms with Crippen LogP contribution in [0.4, 0.5) is 18.9 Å². The van der Waals surface area contributed by atoms with E-state index in [0.29, 0.717) is 40.3 Å². The van der Waals surface area contributed by atoms with Crippen molar-refractivity contribution in [3.05, 3.63) is 86.6 Å². The molecule has 5 heterocycles. The Balaban J connectivity index is 0.826. The number of aryl methyl sites for hydroxylation is 1. The number of anilines is 1. The fourth-order valence-corrected chi connectivity index (χ4v) is 10.8. The highest BCUT2D eigenvalue weighted by Crippen LogP contribution is 2.37. The summed E-state index contributed by atoms with van der Waals surface area (Å²) in [7, 11) is -2.25. The second kappa shape index (κ2) is 19.0. The lowest BCUT2D eigenvalue weighted by atomic mass is 10.0. The standard InChI is InChI=1S/C43H47F3N8O8S2/c1-52-23-30(25-10-8-11-26(20-25)43(44,45)46)37-29(40(52)58)21-33(63-37)38(47)50-27-16-19-64(61,62)53(22-27)24-35(56)49-18-7-5-3-2-4-6-17-48-31-13-9-12-28-36(31)42(60)54(41(28)59)32-14-15-34(55)51-39(32)57/h8-13,20-21,23,27,32,48H,2-7,14-19,22,24H2,1H3,(H2,47,50)(H,49,56)(H,51,55,57). The van der Waals surface area contributed by atoms with Crippen molar-refractivity contribution in [2.45, 2.75) is 76.0 Å². The number of amidine groups is 1. The lowest BCUT2D eigenvalue weighted by molar-refractivity contribution is -0.138. The molecular weight excluding hydrogens is 878 g/mol. The van der Waals surface area contributed by atoms with Gasteiger partial charge in [0.2, 0.25) is 27.7 Å². The second-order valence-electron chi connectivity index (χ2n) is 16.1. The Hall–Kier alpha value is -5.93. The van der Waals surface area contributed by atoms with Gasteiger partial charge in [-0.05, 0) is 61.6 Å². The van der Waals surface area contributed by atoms with Crippen molar-refractivity contribution in [3.63, 3.8) is 0 Å². The lowest BCUT2D eigenvalue weighted by Gasteiger charge is -2.32. The van der Waals surface area contributed by atoms with Crippen molar-refractivity contribution in [1.29, 1.82) is 5.41 Å². The number of halogens is 3. The van der Waals surface area contributed by atoms with Crippen LogP contribution < -0.4 is 26.8 Å². The van der Waals surface area contributed by atoms with E-state index in [0.717, 1.165) is 64.8 Å². The number of imide groups is 2. The van der Waals surface area contributed by atoms with Crippen LogP contribution >= 0.6 is 11.3 Å². The Kier molecular flexibility index (Phi) is 13.7. The van der Waals surface area contributed by atoms with Crippen LogP contribution in [0.25, 0.3) is 21.2 Å². The highest BCUT2D eigenvalue weighted by molar-refractivity contribution is 7.89. The molecule has 0 spiro atoms. The first-order valence-corrected chi connectivity index (χ1v) is 23.3. The molecule has 2 atom stereocenters. The summed E-state index contributed by atoms with van der Waals surface area (Å²) >= 11 is 1.07. The third kappa shape index (κ3) is 10.1. The number of amides is 5. The number of rotatable bonds is 16. The van der Waals surface area contributed by atoms with Crippen molar-refractivity contribution >= 4 is 72.5 Å². The number of unbranched alkanes of at least 4 members (excludes halogenated alkanes) is 5. The number of hydrogen-bond donors (Lipinski definition) is 5. The topological polar surface area (TPSA) is 220 Å². The van der Waals surface area contributed by atoms with E-state index in [1.807, 2.05) is 0 Å². The van der Waals surface area contributed by atoms with E-state index < -0.39 is 63.4 Å². The highest BCUT2D eigenvalue weighted by Gasteiger charge is 2.45. The number of carbonyl (C=O) groups excluding carboxylic acids is 5. The molecule has 0 radical (unpaired) electrons. The van der Waals surface area contributed by atoms with Gasteiger partial charge in [0.1, 0.15) is 11.9 Å². The first kappa shape index (κ1) is 46.1. The van der Waals surface area contributed by atoms with Crippen LogP contribution in [0.1, 0.15) is 88.9 Å². The normalized spacial score (nSPS) is 18.8. The van der Waals surface area contributed by atoms with E-state index in [2.05, 4.69) is 21.3 Å². The van der Waals surface area contributed by atoms with Crippen LogP contribution in [-0.2, 0) is 37.6 Å². The minimum absolute atomic E-state index is 0.0398. The van der Waals surface area contributed by atoms with Gasteiger partial charge in [-0.15, -0.1) is 11.3 Å². The SMILES string of the molecule is Cn1cc(-c2cccc(C(F)(F)F)c2)c2sc(C(=N)NC3CCS(=O)(=O)N(CC(=O)NCCCCCCCCNc4cccc5c4C(=O)N(C4CCC(=O)NC4=O)C5=O)C3)cc2c1=O. The van der Waals surface area contributed by atoms with Crippen LogP contribution in [0.15, 0.2) is 59.5 Å². The Morgan fingerprint density at radius 1 is 0.922 bits per heavy atom. The van der Waals surface area contributed by atoms with E-state index in [-0.39, 0.29) is 71.6 Å². The quantitative estimate of drug-likeness (QED) is 0.0456. The average molecular weight is 925 g/mol. The van der Waals surface area contributed by atoms with Crippen LogP contribution in [0.2, 0.25) is 0 Å². The Bertz CT molecular complexity index is 2700. The molecule has 0 saturated carbocycles. The van der Waals surface area contributed by atoms with Gasteiger partial charge in [-0.1, -0.05) is 43.9 Å². The Morgan fingerprint density at radius 3 is 2.38 bits per heavy atom. The van der Waals surface area contributed by atoms with E-state index in [9.17, 15) is 50.4 Å². The van der Waals surface area contributed by atoms with Crippen LogP contribution in [-0.4, -0.2) is 102 Å². The Labute approximate surface area is 370 Å². The summed E-state index contributed by atoms with van der Waals surface area (Å²) in [6.45, 7) is 0.440. The molecule has 340 valence electrons. The largest absolute Gasteiger partial charge is 0.416 e. The number of alkyl halides is 3. The van der Waals surface area contributed by atoms with E-state index in [1.54, 1.807) is 18.2 Å². The number of sulfonamides is 1. The lowest BCUT2D eigenvalue weighted by Crippen LogP contribution is -2.54. The van der Waals surface area contributed by atoms with Gasteiger partial charge >= 0.3 is 6.18 Å². The maximum absolute atomic E-state index is 13.5. The minimum atomic E-state index is -4.56. The van der Waals surface area contributed by atoms with Gasteiger partial charge in [0, 0.05) is 61.3 Å². The molecule has 3 aliphatic heterocycles. The second-order valence-corrected chi connectivity index (χ2v) is 19.2. The minimum Gasteiger partial charge on any atom is -0.384 e. The van der Waals surface area contributed by atoms with Crippen molar-refractivity contribution in [1.82, 2.24) is 29.7 Å². The molecule has 2 saturated heterocycles. The third-order valence-corrected chi connectivity index (χ3v) is 14.5. The van der Waals surface area contributed by atoms with Crippen molar-refractivity contribution in [2.75, 3.05) is 37.2 Å². The fourth-order valence-electron chi connectivity index (χ4n) is 8.16. The van der Waals surface area contributed by atoms with Gasteiger partial charge in [0.25, 0.3) is 17.4 Å². The van der Waals surface area contributed by atoms with Crippen LogP contribution in [0.3, 0.4) is 0 Å². The first-order valence-electron chi connectivity index (χ1n) is 20.9. The van der Waals surface area contributed by atoms with Crippen molar-refractivity contribution < 1.29 is 45.6 Å². The van der Waals surface area contributed by atoms with Gasteiger partial charge < -0.3 is 20.5 Å². The number of aromatic nitrogens is 1. The summed E-state index contributed by atoms with van der Waals surface area (Å²) in [5.41, 5.74) is 0.360. The summed E-state index contributed by atoms with van der Waals surface area (Å²) in [5.74, 6) is -3.03. The molecule has 0 aliphatic carbocycles. The monoisotopic (exact) mass is 924 g/mol. The van der Waals surface area contributed by atoms with Gasteiger partial charge in [0.05, 0.1) is 39.3 Å². The molecule has 2 fully saturated rings. The van der Waals surface area contributed by atoms with Gasteiger partial charge in [-0.2, -0.15) is 17.5 Å². The predicted molar refractivity (Wildman–Crippen MR) is 234 cm³/mol. The zero-order chi connectivity index (χ0) is 45.9. The fraction of sp³-hybridized carbons (Fsp3) is 0.419. The summed E-state index contributed by atoms with van der Waals surface area (Å²) < 4.78 is 69.2. The maximum Gasteiger partial charge on any atom is 0.416 e. The van der Waals surface area contributed by atoms with Gasteiger partial charge in [0.15, 0.2) is 0 Å². The number of piperidine rings is 1. The Morgan fingerprint density at radius 2 is 1.64 bits per heavy atom. The van der Waals surface area contributed by atoms with E-state index in [1.165, 1.54) is 36.0 Å². The summed E-state index contributed by atoms with van der Waals surface area (Å²) in [6.07, 6.45) is 2.17. The molecule has 64 heavy (non-hydrogen) atoms. The number of nitrogens with one attached hydrogen (secondary N) is 5. The smallest absolute Gasteiger partial charge is 0.384 e. The number of benzene rings is 2. The predicted octanol–water partition coefficient (Wildman–Crippen LogP) is 4.57. The molecule has 2 aromatic carbocycles. The van der Waals surface area contributed by atoms with Gasteiger partial charge in [-0.3, -0.25) is 44.4 Å². The highest BCUT2D eigenvalue weighted by atomic mass is 32.2. The number of hydrogen-bond acceptors (Lipinski definition) is 11. The molecular formula is C43H47F3N8O8S2. The average Bonchev–Trinajstić information content (AvgIpc) is 3.80. The van der Waals surface area contributed by atoms with Crippen LogP contribution in [0.5, 0.6) is 0 Å². The number of nitrogens with zero attached hydrogens (tertiary/aromatic N) is 3. The summed E-state index contributed by atoms with van der Waals surface area (Å²) in [5, 5.41) is 20.3. The van der Waals surface area contributed by atoms with E-state index >= 15 is 0 Å². The van der Waals surface area contributed by atoms with Gasteiger partial charge in [-0.25, -0.2) is 8.42 Å². The number of thiophene rings is 1. The first-order chi connectivity index (χ1) is 30.4. The third-order valence-electron chi connectivity index (χ3n) is 11.5. The molecule has 5 amide bonds. The molecule has 2 aromatic heterocycles. The van der Waals surface area contributed by atoms with E-state index in [4.69, 9.17) is 5.41 Å². The summed E-state index contributed by atoms with van der Waals surface area (Å²) in [6, 6.07) is 9.66. The molecule has 21 heteroatoms. The molecule has 7 rings (SSSR count). The number of fused-ring (bicyclic) bond motifs is 2. The molecule has 0 bridgehead atoms. The number of carbonyl (C=O) groups is 5. The van der Waals surface area contributed by atoms with Crippen molar-refractivity contribution in [3.8, 4) is 11.1 Å². The molecule has 5 N–H and O–H groups in total. The molecule has 4 aromatic rings. The molecule has 2 unspecified atom stereocenters. The summed E-state index contributed by atoms with van der Waals surface area (Å²) in [4.78, 5) is 77.5. The molecule has 16 nitrogen and oxygen atoms in total. The zero-order valence-electron chi connectivity index (χ0n) is 34.8. The van der Waals surface area contributed by atoms with Crippen LogP contribution in [0, 0.1) is 5.41 Å².